The van der Waals surface area contributed by atoms with Crippen molar-refractivity contribution in [1.82, 2.24) is 10.6 Å². The summed E-state index contributed by atoms with van der Waals surface area (Å²) < 4.78 is 31.7. The van der Waals surface area contributed by atoms with E-state index >= 15 is 0 Å². The van der Waals surface area contributed by atoms with E-state index in [1.165, 1.54) is 0 Å². The van der Waals surface area contributed by atoms with Gasteiger partial charge in [-0.1, -0.05) is 0 Å². The van der Waals surface area contributed by atoms with Crippen LogP contribution in [0.25, 0.3) is 0 Å². The van der Waals surface area contributed by atoms with E-state index < -0.39 is 104 Å². The molecule has 16 N–H and O–H groups in total. The standard InChI is InChI=1S/C24H47FN6O10/c25-10(6-26)17(34)23(38)31-13-5-12(28)15(21-11(27)2-1-9(39-21)7-30-3-4-32)19(36)22(13)41-24-20(37)16(29)18(35)14(8-33)40-24/h9-22,24,30,32-37H,1-8,26-29H2,(H,31,38). The van der Waals surface area contributed by atoms with Gasteiger partial charge in [-0.25, -0.2) is 4.39 Å². The van der Waals surface area contributed by atoms with Gasteiger partial charge in [-0.3, -0.25) is 4.79 Å². The Morgan fingerprint density at radius 2 is 1.76 bits per heavy atom. The first-order chi connectivity index (χ1) is 19.4. The van der Waals surface area contributed by atoms with Crippen molar-refractivity contribution in [3.8, 4) is 0 Å². The van der Waals surface area contributed by atoms with Crippen molar-refractivity contribution in [2.24, 2.45) is 28.9 Å². The first-order valence-electron chi connectivity index (χ1n) is 14.0. The number of aliphatic hydroxyl groups excluding tert-OH is 6. The lowest BCUT2D eigenvalue weighted by Gasteiger charge is -2.51. The van der Waals surface area contributed by atoms with Gasteiger partial charge in [0.05, 0.1) is 43.6 Å². The van der Waals surface area contributed by atoms with E-state index in [1.54, 1.807) is 0 Å². The van der Waals surface area contributed by atoms with Crippen molar-refractivity contribution in [1.29, 1.82) is 0 Å². The molecule has 16 nitrogen and oxygen atoms in total. The molecule has 0 bridgehead atoms. The van der Waals surface area contributed by atoms with Crippen molar-refractivity contribution in [3.63, 3.8) is 0 Å². The predicted octanol–water partition coefficient (Wildman–Crippen LogP) is -6.55. The number of nitrogens with two attached hydrogens (primary N) is 4. The average Bonchev–Trinajstić information content (AvgIpc) is 2.95. The molecule has 15 atom stereocenters. The van der Waals surface area contributed by atoms with Crippen LogP contribution < -0.4 is 33.6 Å². The Morgan fingerprint density at radius 1 is 1.05 bits per heavy atom. The van der Waals surface area contributed by atoms with Gasteiger partial charge in [0.1, 0.15) is 30.6 Å². The largest absolute Gasteiger partial charge is 0.395 e. The van der Waals surface area contributed by atoms with Crippen LogP contribution in [0.2, 0.25) is 0 Å². The molecule has 0 radical (unpaired) electrons. The predicted molar refractivity (Wildman–Crippen MR) is 140 cm³/mol. The average molecular weight is 599 g/mol. The minimum Gasteiger partial charge on any atom is -0.395 e. The second kappa shape index (κ2) is 15.5. The molecular weight excluding hydrogens is 551 g/mol. The molecule has 0 aromatic carbocycles. The Kier molecular flexibility index (Phi) is 13.0. The van der Waals surface area contributed by atoms with Crippen LogP contribution >= 0.6 is 0 Å². The topological polar surface area (TPSA) is 294 Å². The Labute approximate surface area is 237 Å². The maximum Gasteiger partial charge on any atom is 0.252 e. The first kappa shape index (κ1) is 34.3. The highest BCUT2D eigenvalue weighted by Gasteiger charge is 2.53. The zero-order valence-corrected chi connectivity index (χ0v) is 22.8. The number of hydrogen-bond acceptors (Lipinski definition) is 15. The second-order valence-electron chi connectivity index (χ2n) is 11.1. The minimum atomic E-state index is -2.10. The lowest BCUT2D eigenvalue weighted by Crippen LogP contribution is -2.69. The number of alkyl halides is 1. The van der Waals surface area contributed by atoms with Crippen molar-refractivity contribution < 1.29 is 54.0 Å². The maximum absolute atomic E-state index is 14.0. The van der Waals surface area contributed by atoms with Crippen LogP contribution in [-0.4, -0.2) is 155 Å². The molecule has 2 saturated heterocycles. The molecule has 1 aliphatic carbocycles. The molecule has 2 aliphatic heterocycles. The number of hydrogen-bond donors (Lipinski definition) is 12. The normalized spacial score (nSPS) is 43.3. The van der Waals surface area contributed by atoms with E-state index in [0.717, 1.165) is 0 Å². The molecule has 2 heterocycles. The van der Waals surface area contributed by atoms with Crippen LogP contribution in [0.5, 0.6) is 0 Å². The van der Waals surface area contributed by atoms with Gasteiger partial charge in [-0.2, -0.15) is 0 Å². The van der Waals surface area contributed by atoms with Crippen LogP contribution in [0.4, 0.5) is 4.39 Å². The van der Waals surface area contributed by atoms with Crippen LogP contribution in [0.3, 0.4) is 0 Å². The van der Waals surface area contributed by atoms with Gasteiger partial charge < -0.3 is 78.4 Å². The van der Waals surface area contributed by atoms with Gasteiger partial charge in [0.25, 0.3) is 5.91 Å². The molecule has 15 unspecified atom stereocenters. The summed E-state index contributed by atoms with van der Waals surface area (Å²) in [5, 5.41) is 66.7. The van der Waals surface area contributed by atoms with Crippen LogP contribution in [0.1, 0.15) is 19.3 Å². The third-order valence-corrected chi connectivity index (χ3v) is 8.17. The van der Waals surface area contributed by atoms with Gasteiger partial charge in [-0.05, 0) is 19.3 Å². The zero-order valence-electron chi connectivity index (χ0n) is 22.8. The number of ether oxygens (including phenoxy) is 3. The summed E-state index contributed by atoms with van der Waals surface area (Å²) in [5.74, 6) is -1.95. The SMILES string of the molecule is NCC(F)C(O)C(=O)NC1CC(N)C(C2OC(CNCCO)CCC2N)C(O)C1OC1OC(CO)C(O)C(N)C1O. The van der Waals surface area contributed by atoms with E-state index in [1.807, 2.05) is 0 Å². The Bertz CT molecular complexity index is 823. The fourth-order valence-electron chi connectivity index (χ4n) is 5.80. The molecule has 240 valence electrons. The van der Waals surface area contributed by atoms with E-state index in [-0.39, 0.29) is 19.1 Å². The molecule has 3 fully saturated rings. The summed E-state index contributed by atoms with van der Waals surface area (Å²) in [6.07, 6.45) is -12.7. The van der Waals surface area contributed by atoms with Crippen molar-refractivity contribution >= 4 is 5.91 Å². The number of amides is 1. The summed E-state index contributed by atoms with van der Waals surface area (Å²) in [7, 11) is 0. The Balaban J connectivity index is 1.86. The highest BCUT2D eigenvalue weighted by Crippen LogP contribution is 2.36. The molecular formula is C24H47FN6O10. The van der Waals surface area contributed by atoms with E-state index in [9.17, 15) is 34.7 Å². The molecule has 0 aromatic heterocycles. The van der Waals surface area contributed by atoms with E-state index in [4.69, 9.17) is 42.3 Å². The summed E-state index contributed by atoms with van der Waals surface area (Å²) in [6, 6.07) is -3.72. The first-order valence-corrected chi connectivity index (χ1v) is 14.0. The van der Waals surface area contributed by atoms with Crippen molar-refractivity contribution in [3.05, 3.63) is 0 Å². The van der Waals surface area contributed by atoms with Gasteiger partial charge in [0, 0.05) is 37.6 Å². The number of aliphatic hydroxyl groups is 6. The highest BCUT2D eigenvalue weighted by atomic mass is 19.1. The van der Waals surface area contributed by atoms with Gasteiger partial charge >= 0.3 is 0 Å². The zero-order chi connectivity index (χ0) is 30.4. The molecule has 1 saturated carbocycles. The second-order valence-corrected chi connectivity index (χ2v) is 11.1. The van der Waals surface area contributed by atoms with Gasteiger partial charge in [-0.15, -0.1) is 0 Å². The lowest BCUT2D eigenvalue weighted by atomic mass is 9.72. The van der Waals surface area contributed by atoms with Crippen LogP contribution in [0.15, 0.2) is 0 Å². The van der Waals surface area contributed by atoms with E-state index in [2.05, 4.69) is 10.6 Å². The maximum atomic E-state index is 14.0. The van der Waals surface area contributed by atoms with Crippen LogP contribution in [0, 0.1) is 5.92 Å². The number of carbonyl (C=O) groups excluding carboxylic acids is 1. The summed E-state index contributed by atoms with van der Waals surface area (Å²) >= 11 is 0. The Morgan fingerprint density at radius 3 is 2.39 bits per heavy atom. The lowest BCUT2D eigenvalue weighted by molar-refractivity contribution is -0.306. The fourth-order valence-corrected chi connectivity index (χ4v) is 5.80. The summed E-state index contributed by atoms with van der Waals surface area (Å²) in [4.78, 5) is 12.7. The Hall–Kier alpha value is -1.16. The van der Waals surface area contributed by atoms with E-state index in [0.29, 0.717) is 25.9 Å². The van der Waals surface area contributed by atoms with Gasteiger partial charge in [0.15, 0.2) is 12.4 Å². The number of carbonyl (C=O) groups is 1. The molecule has 0 aromatic rings. The third-order valence-electron chi connectivity index (χ3n) is 8.17. The number of rotatable bonds is 12. The number of halogens is 1. The molecule has 1 amide bonds. The monoisotopic (exact) mass is 598 g/mol. The molecule has 3 rings (SSSR count). The smallest absolute Gasteiger partial charge is 0.252 e. The summed E-state index contributed by atoms with van der Waals surface area (Å²) in [5.41, 5.74) is 24.0. The summed E-state index contributed by atoms with van der Waals surface area (Å²) in [6.45, 7) is -0.523. The quantitative estimate of drug-likeness (QED) is 0.0930. The molecule has 41 heavy (non-hydrogen) atoms. The van der Waals surface area contributed by atoms with Crippen molar-refractivity contribution in [2.75, 3.05) is 32.8 Å². The minimum absolute atomic E-state index is 0.0363. The molecule has 0 spiro atoms. The van der Waals surface area contributed by atoms with Crippen molar-refractivity contribution in [2.45, 2.75) is 105 Å². The highest BCUT2D eigenvalue weighted by molar-refractivity contribution is 5.81. The van der Waals surface area contributed by atoms with Crippen LogP contribution in [-0.2, 0) is 19.0 Å². The fraction of sp³-hybridized carbons (Fsp3) is 0.958. The van der Waals surface area contributed by atoms with Gasteiger partial charge in [0.2, 0.25) is 0 Å². The molecule has 3 aliphatic rings. The third kappa shape index (κ3) is 8.07. The number of nitrogens with one attached hydrogen (secondary N) is 2. The molecule has 17 heteroatoms.